The third-order valence-corrected chi connectivity index (χ3v) is 2.79. The van der Waals surface area contributed by atoms with Gasteiger partial charge in [-0.05, 0) is 18.9 Å². The van der Waals surface area contributed by atoms with Crippen molar-refractivity contribution in [2.45, 2.75) is 33.6 Å². The molecule has 0 saturated carbocycles. The first-order valence-corrected chi connectivity index (χ1v) is 4.98. The maximum absolute atomic E-state index is 2.29. The molecule has 1 aromatic rings. The van der Waals surface area contributed by atoms with Crippen LogP contribution < -0.4 is 4.57 Å². The molecule has 0 aliphatic heterocycles. The fourth-order valence-electron chi connectivity index (χ4n) is 1.57. The smallest absolute Gasteiger partial charge is 0.184 e. The van der Waals surface area contributed by atoms with Crippen LogP contribution in [0.1, 0.15) is 37.9 Å². The quantitative estimate of drug-likeness (QED) is 0.613. The minimum Gasteiger partial charge on any atom is -0.205 e. The van der Waals surface area contributed by atoms with E-state index in [1.165, 1.54) is 11.3 Å². The van der Waals surface area contributed by atoms with E-state index >= 15 is 0 Å². The van der Waals surface area contributed by atoms with Gasteiger partial charge in [0.25, 0.3) is 0 Å². The molecule has 0 aromatic carbocycles. The molecule has 0 unspecified atom stereocenters. The highest BCUT2D eigenvalue weighted by molar-refractivity contribution is 5.10. The molecular formula is C12H20N+. The molecule has 1 atom stereocenters. The van der Waals surface area contributed by atoms with E-state index in [0.717, 1.165) is 0 Å². The van der Waals surface area contributed by atoms with Gasteiger partial charge in [-0.15, -0.1) is 0 Å². The summed E-state index contributed by atoms with van der Waals surface area (Å²) in [6, 6.07) is 4.42. The number of hydrogen-bond donors (Lipinski definition) is 0. The molecule has 0 bridgehead atoms. The van der Waals surface area contributed by atoms with Crippen LogP contribution in [0.25, 0.3) is 0 Å². The summed E-state index contributed by atoms with van der Waals surface area (Å²) in [5.41, 5.74) is 2.74. The molecule has 1 heteroatoms. The van der Waals surface area contributed by atoms with Gasteiger partial charge in [0.2, 0.25) is 0 Å². The van der Waals surface area contributed by atoms with E-state index in [-0.39, 0.29) is 0 Å². The zero-order valence-electron chi connectivity index (χ0n) is 9.33. The Morgan fingerprint density at radius 2 is 1.77 bits per heavy atom. The predicted molar refractivity (Wildman–Crippen MR) is 55.6 cm³/mol. The lowest BCUT2D eigenvalue weighted by molar-refractivity contribution is -0.681. The zero-order chi connectivity index (χ0) is 10.0. The Balaban J connectivity index is 3.01. The van der Waals surface area contributed by atoms with Gasteiger partial charge in [-0.3, -0.25) is 0 Å². The number of aryl methyl sites for hydroxylation is 2. The molecule has 1 nitrogen and oxygen atoms in total. The third-order valence-electron chi connectivity index (χ3n) is 2.79. The number of hydrogen-bond acceptors (Lipinski definition) is 0. The SMILES string of the molecule is Cc1ccc([C@H](C)C(C)C)[n+](C)c1. The van der Waals surface area contributed by atoms with E-state index in [1.54, 1.807) is 0 Å². The molecule has 1 heterocycles. The number of aromatic nitrogens is 1. The molecular weight excluding hydrogens is 158 g/mol. The third kappa shape index (κ3) is 2.30. The van der Waals surface area contributed by atoms with Crippen molar-refractivity contribution in [1.82, 2.24) is 0 Å². The minimum atomic E-state index is 0.630. The van der Waals surface area contributed by atoms with Gasteiger partial charge in [0.1, 0.15) is 7.05 Å². The summed E-state index contributed by atoms with van der Waals surface area (Å²) in [5, 5.41) is 0. The molecule has 1 aromatic heterocycles. The molecule has 0 fully saturated rings. The summed E-state index contributed by atoms with van der Waals surface area (Å²) >= 11 is 0. The van der Waals surface area contributed by atoms with Crippen molar-refractivity contribution >= 4 is 0 Å². The maximum atomic E-state index is 2.29. The Hall–Kier alpha value is -0.850. The lowest BCUT2D eigenvalue weighted by Crippen LogP contribution is -2.35. The molecule has 0 amide bonds. The average Bonchev–Trinajstić information content (AvgIpc) is 2.03. The molecule has 0 N–H and O–H groups in total. The van der Waals surface area contributed by atoms with Crippen molar-refractivity contribution in [3.8, 4) is 0 Å². The molecule has 0 saturated heterocycles. The van der Waals surface area contributed by atoms with Gasteiger partial charge in [-0.2, -0.15) is 0 Å². The fraction of sp³-hybridized carbons (Fsp3) is 0.583. The van der Waals surface area contributed by atoms with Gasteiger partial charge >= 0.3 is 0 Å². The highest BCUT2D eigenvalue weighted by Gasteiger charge is 2.18. The Labute approximate surface area is 81.4 Å². The zero-order valence-corrected chi connectivity index (χ0v) is 9.33. The van der Waals surface area contributed by atoms with E-state index in [2.05, 4.69) is 57.6 Å². The Morgan fingerprint density at radius 1 is 1.15 bits per heavy atom. The second kappa shape index (κ2) is 3.91. The largest absolute Gasteiger partial charge is 0.205 e. The molecule has 13 heavy (non-hydrogen) atoms. The highest BCUT2D eigenvalue weighted by Crippen LogP contribution is 2.20. The Morgan fingerprint density at radius 3 is 2.23 bits per heavy atom. The van der Waals surface area contributed by atoms with Crippen LogP contribution in [0.2, 0.25) is 0 Å². The van der Waals surface area contributed by atoms with Crippen molar-refractivity contribution in [2.24, 2.45) is 13.0 Å². The fourth-order valence-corrected chi connectivity index (χ4v) is 1.57. The van der Waals surface area contributed by atoms with E-state index in [1.807, 2.05) is 0 Å². The van der Waals surface area contributed by atoms with Crippen molar-refractivity contribution in [2.75, 3.05) is 0 Å². The van der Waals surface area contributed by atoms with Gasteiger partial charge < -0.3 is 0 Å². The van der Waals surface area contributed by atoms with Gasteiger partial charge in [0.05, 0.1) is 0 Å². The minimum absolute atomic E-state index is 0.630. The Bertz CT molecular complexity index is 289. The topological polar surface area (TPSA) is 3.88 Å². The second-order valence-electron chi connectivity index (χ2n) is 4.27. The van der Waals surface area contributed by atoms with Gasteiger partial charge in [-0.25, -0.2) is 4.57 Å². The van der Waals surface area contributed by atoms with Crippen LogP contribution in [-0.2, 0) is 7.05 Å². The summed E-state index contributed by atoms with van der Waals surface area (Å²) in [4.78, 5) is 0. The van der Waals surface area contributed by atoms with Crippen LogP contribution in [0.15, 0.2) is 18.3 Å². The normalized spacial score (nSPS) is 13.4. The first-order valence-electron chi connectivity index (χ1n) is 4.98. The van der Waals surface area contributed by atoms with E-state index in [9.17, 15) is 0 Å². The standard InChI is InChI=1S/C12H20N/c1-9(2)11(4)12-7-6-10(3)8-13(12)5/h6-9,11H,1-5H3/q+1/t11-/m1/s1. The first-order chi connectivity index (χ1) is 6.02. The van der Waals surface area contributed by atoms with Gasteiger partial charge in [-0.1, -0.05) is 20.8 Å². The maximum Gasteiger partial charge on any atom is 0.184 e. The highest BCUT2D eigenvalue weighted by atomic mass is 14.9. The lowest BCUT2D eigenvalue weighted by atomic mass is 9.94. The number of nitrogens with zero attached hydrogens (tertiary/aromatic N) is 1. The van der Waals surface area contributed by atoms with Crippen molar-refractivity contribution in [3.05, 3.63) is 29.6 Å². The Kier molecular flexibility index (Phi) is 3.07. The first kappa shape index (κ1) is 10.2. The van der Waals surface area contributed by atoms with Crippen LogP contribution >= 0.6 is 0 Å². The monoisotopic (exact) mass is 178 g/mol. The van der Waals surface area contributed by atoms with Gasteiger partial charge in [0, 0.05) is 17.5 Å². The number of rotatable bonds is 2. The summed E-state index contributed by atoms with van der Waals surface area (Å²) < 4.78 is 2.24. The van der Waals surface area contributed by atoms with Gasteiger partial charge in [0.15, 0.2) is 11.9 Å². The average molecular weight is 178 g/mol. The summed E-state index contributed by atoms with van der Waals surface area (Å²) in [6.45, 7) is 8.95. The lowest BCUT2D eigenvalue weighted by Gasteiger charge is -2.13. The molecule has 72 valence electrons. The molecule has 0 spiro atoms. The molecule has 1 rings (SSSR count). The van der Waals surface area contributed by atoms with Crippen molar-refractivity contribution in [1.29, 1.82) is 0 Å². The van der Waals surface area contributed by atoms with Crippen LogP contribution in [0.3, 0.4) is 0 Å². The van der Waals surface area contributed by atoms with Crippen LogP contribution in [0.4, 0.5) is 0 Å². The summed E-state index contributed by atoms with van der Waals surface area (Å²) in [5.74, 6) is 1.33. The second-order valence-corrected chi connectivity index (χ2v) is 4.27. The summed E-state index contributed by atoms with van der Waals surface area (Å²) in [7, 11) is 2.13. The van der Waals surface area contributed by atoms with Crippen molar-refractivity contribution in [3.63, 3.8) is 0 Å². The van der Waals surface area contributed by atoms with Crippen LogP contribution in [0.5, 0.6) is 0 Å². The van der Waals surface area contributed by atoms with E-state index in [4.69, 9.17) is 0 Å². The van der Waals surface area contributed by atoms with Crippen LogP contribution in [0, 0.1) is 12.8 Å². The molecule has 0 aliphatic rings. The summed E-state index contributed by atoms with van der Waals surface area (Å²) in [6.07, 6.45) is 2.19. The number of pyridine rings is 1. The van der Waals surface area contributed by atoms with Crippen LogP contribution in [-0.4, -0.2) is 0 Å². The molecule has 0 aliphatic carbocycles. The predicted octanol–water partition coefficient (Wildman–Crippen LogP) is 2.58. The van der Waals surface area contributed by atoms with E-state index in [0.29, 0.717) is 11.8 Å². The molecule has 0 radical (unpaired) electrons. The van der Waals surface area contributed by atoms with Crippen molar-refractivity contribution < 1.29 is 4.57 Å². The van der Waals surface area contributed by atoms with E-state index < -0.39 is 0 Å².